The highest BCUT2D eigenvalue weighted by Gasteiger charge is 2.42. The molecular weight excluding hydrogens is 389 g/mol. The number of carbonyl (C=O) groups is 2. The first-order valence-electron chi connectivity index (χ1n) is 9.10. The molecule has 4 aliphatic heterocycles. The zero-order valence-corrected chi connectivity index (χ0v) is 17.3. The maximum absolute atomic E-state index is 13.0. The number of nitrogens with one attached hydrogen (secondary N) is 1. The van der Waals surface area contributed by atoms with Crippen LogP contribution in [0.1, 0.15) is 37.0 Å². The fourth-order valence-corrected chi connectivity index (χ4v) is 4.50. The minimum Gasteiger partial charge on any atom is -0.475 e. The average molecular weight is 414 g/mol. The summed E-state index contributed by atoms with van der Waals surface area (Å²) in [6, 6.07) is 3.43. The molecule has 2 bridgehead atoms. The lowest BCUT2D eigenvalue weighted by molar-refractivity contribution is -0.132. The molecule has 1 unspecified atom stereocenters. The van der Waals surface area contributed by atoms with E-state index in [9.17, 15) is 9.59 Å². The van der Waals surface area contributed by atoms with Crippen molar-refractivity contribution in [3.63, 3.8) is 0 Å². The van der Waals surface area contributed by atoms with Crippen molar-refractivity contribution in [3.8, 4) is 5.75 Å². The minimum atomic E-state index is -1.03. The number of anilines is 1. The molecule has 0 radical (unpaired) electrons. The minimum absolute atomic E-state index is 0. The van der Waals surface area contributed by atoms with Gasteiger partial charge in [0.2, 0.25) is 0 Å². The number of likely N-dealkylation sites (N-methyl/N-ethyl adjacent to an activating group) is 1. The van der Waals surface area contributed by atoms with Crippen LogP contribution in [0, 0.1) is 5.92 Å². The van der Waals surface area contributed by atoms with E-state index in [0.717, 1.165) is 32.5 Å². The summed E-state index contributed by atoms with van der Waals surface area (Å²) in [5, 5.41) is 3.58. The summed E-state index contributed by atoms with van der Waals surface area (Å²) < 4.78 is 5.94. The van der Waals surface area contributed by atoms with Crippen molar-refractivity contribution in [2.45, 2.75) is 38.3 Å². The lowest BCUT2D eigenvalue weighted by atomic mass is 9.84. The van der Waals surface area contributed by atoms with Crippen LogP contribution in [0.3, 0.4) is 0 Å². The van der Waals surface area contributed by atoms with Crippen LogP contribution in [-0.2, 0) is 4.79 Å². The number of ether oxygens (including phenoxy) is 1. The van der Waals surface area contributed by atoms with Crippen LogP contribution < -0.4 is 15.0 Å². The molecule has 4 aliphatic rings. The summed E-state index contributed by atoms with van der Waals surface area (Å²) in [6.45, 7) is 6.54. The summed E-state index contributed by atoms with van der Waals surface area (Å²) in [5.74, 6) is 0.581. The van der Waals surface area contributed by atoms with Gasteiger partial charge in [-0.25, -0.2) is 0 Å². The predicted octanol–water partition coefficient (Wildman–Crippen LogP) is 2.72. The molecule has 6 nitrogen and oxygen atoms in total. The number of nitrogens with zero attached hydrogens (tertiary/aromatic N) is 2. The maximum atomic E-state index is 13.0. The van der Waals surface area contributed by atoms with Crippen molar-refractivity contribution in [2.75, 3.05) is 31.6 Å². The van der Waals surface area contributed by atoms with Crippen LogP contribution in [-0.4, -0.2) is 55.0 Å². The highest BCUT2D eigenvalue weighted by molar-refractivity contribution is 6.31. The number of carbonyl (C=O) groups excluding carboxylic acids is 2. The number of rotatable bonds is 2. The fraction of sp³-hybridized carbons (Fsp3) is 0.579. The molecule has 3 saturated heterocycles. The molecule has 5 rings (SSSR count). The van der Waals surface area contributed by atoms with Gasteiger partial charge >= 0.3 is 0 Å². The van der Waals surface area contributed by atoms with Crippen molar-refractivity contribution >= 4 is 41.5 Å². The van der Waals surface area contributed by atoms with E-state index in [2.05, 4.69) is 10.2 Å². The Balaban J connectivity index is 0.00000210. The summed E-state index contributed by atoms with van der Waals surface area (Å²) in [4.78, 5) is 29.4. The molecule has 1 atom stereocenters. The molecule has 0 saturated carbocycles. The number of hydrogen-bond donors (Lipinski definition) is 1. The monoisotopic (exact) mass is 413 g/mol. The van der Waals surface area contributed by atoms with Crippen molar-refractivity contribution in [2.24, 2.45) is 5.92 Å². The molecule has 0 aliphatic carbocycles. The highest BCUT2D eigenvalue weighted by Crippen LogP contribution is 2.42. The van der Waals surface area contributed by atoms with Crippen molar-refractivity contribution in [3.05, 3.63) is 22.7 Å². The standard InChI is InChI=1S/C19H24ClN3O3.ClH/c1-19(2)18(25)22(3)15-9-12(20)8-13(16(15)26-19)17(24)21-14-10-23-6-4-11(14)5-7-23;/h8-9,11,14H,4-7,10H2,1-3H3,(H,21,24);1H. The molecular formula is C19H25Cl2N3O3. The first-order chi connectivity index (χ1) is 12.3. The van der Waals surface area contributed by atoms with Gasteiger partial charge in [-0.15, -0.1) is 12.4 Å². The fourth-order valence-electron chi connectivity index (χ4n) is 4.29. The van der Waals surface area contributed by atoms with Crippen LogP contribution in [0.4, 0.5) is 5.69 Å². The highest BCUT2D eigenvalue weighted by atomic mass is 35.5. The van der Waals surface area contributed by atoms with Gasteiger partial charge in [-0.05, 0) is 57.8 Å². The van der Waals surface area contributed by atoms with Gasteiger partial charge < -0.3 is 19.9 Å². The largest absolute Gasteiger partial charge is 0.475 e. The topological polar surface area (TPSA) is 61.9 Å². The van der Waals surface area contributed by atoms with E-state index in [1.54, 1.807) is 33.0 Å². The van der Waals surface area contributed by atoms with E-state index in [0.29, 0.717) is 27.9 Å². The van der Waals surface area contributed by atoms with E-state index in [1.165, 1.54) is 4.90 Å². The van der Waals surface area contributed by atoms with Gasteiger partial charge in [0, 0.05) is 24.7 Å². The third-order valence-electron chi connectivity index (χ3n) is 5.79. The normalized spacial score (nSPS) is 28.1. The van der Waals surface area contributed by atoms with Crippen LogP contribution in [0.25, 0.3) is 0 Å². The smallest absolute Gasteiger partial charge is 0.270 e. The quantitative estimate of drug-likeness (QED) is 0.809. The first-order valence-corrected chi connectivity index (χ1v) is 9.48. The van der Waals surface area contributed by atoms with Crippen LogP contribution in [0.15, 0.2) is 12.1 Å². The second-order valence-corrected chi connectivity index (χ2v) is 8.43. The Morgan fingerprint density at radius 1 is 1.30 bits per heavy atom. The molecule has 1 aromatic rings. The molecule has 27 heavy (non-hydrogen) atoms. The molecule has 1 aromatic carbocycles. The summed E-state index contributed by atoms with van der Waals surface area (Å²) >= 11 is 6.23. The van der Waals surface area contributed by atoms with E-state index in [1.807, 2.05) is 0 Å². The van der Waals surface area contributed by atoms with Crippen molar-refractivity contribution < 1.29 is 14.3 Å². The Kier molecular flexibility index (Phi) is 5.36. The van der Waals surface area contributed by atoms with E-state index in [-0.39, 0.29) is 30.3 Å². The first kappa shape index (κ1) is 20.2. The second-order valence-electron chi connectivity index (χ2n) is 8.00. The average Bonchev–Trinajstić information content (AvgIpc) is 2.61. The number of amides is 2. The Morgan fingerprint density at radius 3 is 2.56 bits per heavy atom. The van der Waals surface area contributed by atoms with Crippen LogP contribution >= 0.6 is 24.0 Å². The number of halogens is 2. The maximum Gasteiger partial charge on any atom is 0.270 e. The van der Waals surface area contributed by atoms with Crippen LogP contribution in [0.5, 0.6) is 5.75 Å². The van der Waals surface area contributed by atoms with Gasteiger partial charge in [0.05, 0.1) is 11.3 Å². The zero-order chi connectivity index (χ0) is 18.6. The molecule has 0 spiro atoms. The summed E-state index contributed by atoms with van der Waals surface area (Å²) in [7, 11) is 1.68. The van der Waals surface area contributed by atoms with Gasteiger partial charge in [-0.1, -0.05) is 11.6 Å². The van der Waals surface area contributed by atoms with Gasteiger partial charge in [-0.2, -0.15) is 0 Å². The van der Waals surface area contributed by atoms with Crippen LogP contribution in [0.2, 0.25) is 5.02 Å². The molecule has 3 fully saturated rings. The third-order valence-corrected chi connectivity index (χ3v) is 6.01. The number of piperidine rings is 3. The van der Waals surface area contributed by atoms with Gasteiger partial charge in [-0.3, -0.25) is 9.59 Å². The van der Waals surface area contributed by atoms with Crippen molar-refractivity contribution in [1.82, 2.24) is 10.2 Å². The number of hydrogen-bond acceptors (Lipinski definition) is 4. The number of benzene rings is 1. The predicted molar refractivity (Wildman–Crippen MR) is 107 cm³/mol. The molecule has 148 valence electrons. The van der Waals surface area contributed by atoms with Gasteiger partial charge in [0.15, 0.2) is 11.4 Å². The molecule has 1 N–H and O–H groups in total. The Labute approximate surface area is 170 Å². The third kappa shape index (κ3) is 3.50. The lowest BCUT2D eigenvalue weighted by Gasteiger charge is -2.45. The Bertz CT molecular complexity index is 776. The second kappa shape index (κ2) is 7.15. The van der Waals surface area contributed by atoms with E-state index in [4.69, 9.17) is 16.3 Å². The summed E-state index contributed by atoms with van der Waals surface area (Å²) in [5.41, 5.74) is -0.113. The van der Waals surface area contributed by atoms with Gasteiger partial charge in [0.25, 0.3) is 11.8 Å². The van der Waals surface area contributed by atoms with Crippen molar-refractivity contribution in [1.29, 1.82) is 0 Å². The SMILES string of the molecule is CN1C(=O)C(C)(C)Oc2c(C(=O)NC3CN4CCC3CC4)cc(Cl)cc21.Cl. The van der Waals surface area contributed by atoms with E-state index < -0.39 is 5.60 Å². The number of fused-ring (bicyclic) bond motifs is 4. The molecule has 8 heteroatoms. The Morgan fingerprint density at radius 2 is 1.96 bits per heavy atom. The molecule has 2 amide bonds. The molecule has 4 heterocycles. The zero-order valence-electron chi connectivity index (χ0n) is 15.8. The van der Waals surface area contributed by atoms with Gasteiger partial charge in [0.1, 0.15) is 0 Å². The van der Waals surface area contributed by atoms with E-state index >= 15 is 0 Å². The molecule has 0 aromatic heterocycles. The Hall–Kier alpha value is -1.50. The summed E-state index contributed by atoms with van der Waals surface area (Å²) in [6.07, 6.45) is 2.25. The lowest BCUT2D eigenvalue weighted by Crippen LogP contribution is -2.57.